The molecule has 0 unspecified atom stereocenters. The topological polar surface area (TPSA) is 57.2 Å². The number of rotatable bonds is 4. The number of nitrogens with two attached hydrogens (primary N) is 1. The number of thioether (sulfide) groups is 1. The highest BCUT2D eigenvalue weighted by atomic mass is 32.2. The first-order chi connectivity index (χ1) is 7.25. The summed E-state index contributed by atoms with van der Waals surface area (Å²) >= 11 is 1.85. The van der Waals surface area contributed by atoms with Crippen molar-refractivity contribution < 1.29 is 4.74 Å². The average molecular weight is 226 g/mol. The maximum Gasteiger partial charge on any atom is 0.250 e. The number of ether oxygens (including phenoxy) is 1. The van der Waals surface area contributed by atoms with E-state index >= 15 is 0 Å². The van der Waals surface area contributed by atoms with Crippen molar-refractivity contribution in [3.63, 3.8) is 0 Å². The Bertz CT molecular complexity index is 387. The number of aromatic nitrogens is 1. The number of hydrogen-bond donors (Lipinski definition) is 1. The standard InChI is InChI=1S/C10H14N2O2S/c11-8-1-2-10(13)12(5-8)3-4-15-9-6-14-7-9/h1-2,5,9H,3-4,6-7,11H2. The lowest BCUT2D eigenvalue weighted by Gasteiger charge is -2.25. The Kier molecular flexibility index (Phi) is 3.33. The van der Waals surface area contributed by atoms with E-state index in [0.29, 0.717) is 17.5 Å². The lowest BCUT2D eigenvalue weighted by atomic mass is 10.4. The van der Waals surface area contributed by atoms with Crippen LogP contribution in [0.5, 0.6) is 0 Å². The number of aryl methyl sites for hydroxylation is 1. The minimum Gasteiger partial charge on any atom is -0.398 e. The molecule has 82 valence electrons. The third kappa shape index (κ3) is 2.76. The molecule has 2 N–H and O–H groups in total. The van der Waals surface area contributed by atoms with Gasteiger partial charge in [0.15, 0.2) is 0 Å². The molecule has 0 amide bonds. The molecule has 0 bridgehead atoms. The quantitative estimate of drug-likeness (QED) is 0.815. The summed E-state index contributed by atoms with van der Waals surface area (Å²) < 4.78 is 6.73. The highest BCUT2D eigenvalue weighted by Gasteiger charge is 2.17. The normalized spacial score (nSPS) is 16.3. The van der Waals surface area contributed by atoms with Crippen molar-refractivity contribution in [2.75, 3.05) is 24.7 Å². The predicted molar refractivity (Wildman–Crippen MR) is 62.2 cm³/mol. The number of nitrogens with zero attached hydrogens (tertiary/aromatic N) is 1. The smallest absolute Gasteiger partial charge is 0.250 e. The van der Waals surface area contributed by atoms with Crippen LogP contribution in [0.2, 0.25) is 0 Å². The first-order valence-electron chi connectivity index (χ1n) is 4.91. The highest BCUT2D eigenvalue weighted by molar-refractivity contribution is 8.00. The van der Waals surface area contributed by atoms with Crippen LogP contribution in [0, 0.1) is 0 Å². The lowest BCUT2D eigenvalue weighted by Crippen LogP contribution is -2.31. The van der Waals surface area contributed by atoms with Crippen molar-refractivity contribution in [2.45, 2.75) is 11.8 Å². The Hall–Kier alpha value is -0.940. The molecule has 2 rings (SSSR count). The Labute approximate surface area is 92.4 Å². The Morgan fingerprint density at radius 2 is 2.33 bits per heavy atom. The van der Waals surface area contributed by atoms with Gasteiger partial charge in [-0.3, -0.25) is 4.79 Å². The summed E-state index contributed by atoms with van der Waals surface area (Å²) in [6.45, 7) is 2.40. The van der Waals surface area contributed by atoms with Crippen molar-refractivity contribution in [1.82, 2.24) is 4.57 Å². The van der Waals surface area contributed by atoms with Crippen molar-refractivity contribution >= 4 is 17.4 Å². The van der Waals surface area contributed by atoms with E-state index in [9.17, 15) is 4.79 Å². The number of nitrogen functional groups attached to an aromatic ring is 1. The van der Waals surface area contributed by atoms with Gasteiger partial charge in [0, 0.05) is 30.2 Å². The largest absolute Gasteiger partial charge is 0.398 e. The van der Waals surface area contributed by atoms with E-state index in [1.54, 1.807) is 16.8 Å². The summed E-state index contributed by atoms with van der Waals surface area (Å²) in [4.78, 5) is 11.4. The zero-order chi connectivity index (χ0) is 10.7. The van der Waals surface area contributed by atoms with Crippen LogP contribution in [0.25, 0.3) is 0 Å². The van der Waals surface area contributed by atoms with E-state index in [2.05, 4.69) is 0 Å². The van der Waals surface area contributed by atoms with Crippen LogP contribution in [0.1, 0.15) is 0 Å². The van der Waals surface area contributed by atoms with E-state index in [-0.39, 0.29) is 5.56 Å². The number of anilines is 1. The van der Waals surface area contributed by atoms with E-state index in [0.717, 1.165) is 19.0 Å². The minimum atomic E-state index is 0.00894. The molecule has 1 saturated heterocycles. The van der Waals surface area contributed by atoms with Gasteiger partial charge >= 0.3 is 0 Å². The van der Waals surface area contributed by atoms with Crippen molar-refractivity contribution in [3.05, 3.63) is 28.7 Å². The SMILES string of the molecule is Nc1ccc(=O)n(CCSC2COC2)c1. The van der Waals surface area contributed by atoms with Gasteiger partial charge in [-0.15, -0.1) is 0 Å². The number of hydrogen-bond acceptors (Lipinski definition) is 4. The molecule has 1 aromatic heterocycles. The second kappa shape index (κ2) is 4.72. The van der Waals surface area contributed by atoms with E-state index in [4.69, 9.17) is 10.5 Å². The summed E-state index contributed by atoms with van der Waals surface area (Å²) in [5.41, 5.74) is 6.25. The monoisotopic (exact) mass is 226 g/mol. The Morgan fingerprint density at radius 1 is 1.53 bits per heavy atom. The van der Waals surface area contributed by atoms with Gasteiger partial charge < -0.3 is 15.0 Å². The van der Waals surface area contributed by atoms with E-state index in [1.165, 1.54) is 6.07 Å². The predicted octanol–water partition coefficient (Wildman–Crippen LogP) is 0.562. The fraction of sp³-hybridized carbons (Fsp3) is 0.500. The molecule has 0 radical (unpaired) electrons. The van der Waals surface area contributed by atoms with Crippen LogP contribution in [0.3, 0.4) is 0 Å². The van der Waals surface area contributed by atoms with Gasteiger partial charge in [-0.05, 0) is 6.07 Å². The maximum absolute atomic E-state index is 11.4. The zero-order valence-electron chi connectivity index (χ0n) is 8.39. The van der Waals surface area contributed by atoms with Crippen LogP contribution >= 0.6 is 11.8 Å². The molecule has 0 aromatic carbocycles. The van der Waals surface area contributed by atoms with E-state index < -0.39 is 0 Å². The molecule has 1 fully saturated rings. The highest BCUT2D eigenvalue weighted by Crippen LogP contribution is 2.18. The van der Waals surface area contributed by atoms with Gasteiger partial charge in [-0.2, -0.15) is 11.8 Å². The van der Waals surface area contributed by atoms with E-state index in [1.807, 2.05) is 11.8 Å². The fourth-order valence-corrected chi connectivity index (χ4v) is 2.37. The van der Waals surface area contributed by atoms with Gasteiger partial charge in [0.2, 0.25) is 0 Å². The first-order valence-corrected chi connectivity index (χ1v) is 5.96. The summed E-state index contributed by atoms with van der Waals surface area (Å²) in [5, 5.41) is 0.613. The third-order valence-electron chi connectivity index (χ3n) is 2.30. The van der Waals surface area contributed by atoms with Gasteiger partial charge in [0.25, 0.3) is 5.56 Å². The van der Waals surface area contributed by atoms with Crippen LogP contribution in [-0.2, 0) is 11.3 Å². The van der Waals surface area contributed by atoms with Crippen molar-refractivity contribution in [3.8, 4) is 0 Å². The molecule has 0 spiro atoms. The molecular weight excluding hydrogens is 212 g/mol. The molecule has 15 heavy (non-hydrogen) atoms. The Balaban J connectivity index is 1.86. The van der Waals surface area contributed by atoms with Gasteiger partial charge in [-0.1, -0.05) is 0 Å². The molecule has 1 aromatic rings. The maximum atomic E-state index is 11.4. The third-order valence-corrected chi connectivity index (χ3v) is 3.46. The summed E-state index contributed by atoms with van der Waals surface area (Å²) in [6, 6.07) is 3.14. The van der Waals surface area contributed by atoms with Gasteiger partial charge in [-0.25, -0.2) is 0 Å². The first kappa shape index (κ1) is 10.6. The summed E-state index contributed by atoms with van der Waals surface area (Å²) in [7, 11) is 0. The minimum absolute atomic E-state index is 0.00894. The van der Waals surface area contributed by atoms with Crippen LogP contribution in [-0.4, -0.2) is 28.8 Å². The molecule has 1 aliphatic heterocycles. The van der Waals surface area contributed by atoms with Crippen molar-refractivity contribution in [1.29, 1.82) is 0 Å². The molecule has 0 aliphatic carbocycles. The molecule has 0 atom stereocenters. The fourth-order valence-electron chi connectivity index (χ4n) is 1.35. The summed E-state index contributed by atoms with van der Waals surface area (Å²) in [5.74, 6) is 0.928. The average Bonchev–Trinajstić information content (AvgIpc) is 2.15. The second-order valence-electron chi connectivity index (χ2n) is 3.52. The zero-order valence-corrected chi connectivity index (χ0v) is 9.20. The van der Waals surface area contributed by atoms with Crippen LogP contribution in [0.15, 0.2) is 23.1 Å². The molecule has 2 heterocycles. The molecule has 1 aliphatic rings. The second-order valence-corrected chi connectivity index (χ2v) is 4.93. The van der Waals surface area contributed by atoms with Crippen LogP contribution < -0.4 is 11.3 Å². The van der Waals surface area contributed by atoms with Crippen LogP contribution in [0.4, 0.5) is 5.69 Å². The summed E-state index contributed by atoms with van der Waals surface area (Å²) in [6.07, 6.45) is 1.69. The van der Waals surface area contributed by atoms with Gasteiger partial charge in [0.05, 0.1) is 18.5 Å². The molecular formula is C10H14N2O2S. The molecule has 4 nitrogen and oxygen atoms in total. The van der Waals surface area contributed by atoms with Gasteiger partial charge in [0.1, 0.15) is 0 Å². The molecule has 5 heteroatoms. The Morgan fingerprint density at radius 3 is 3.00 bits per heavy atom. The number of pyridine rings is 1. The molecule has 0 saturated carbocycles. The lowest BCUT2D eigenvalue weighted by molar-refractivity contribution is 0.0455. The van der Waals surface area contributed by atoms with Crippen molar-refractivity contribution in [2.24, 2.45) is 0 Å².